The van der Waals surface area contributed by atoms with E-state index in [0.29, 0.717) is 12.4 Å². The van der Waals surface area contributed by atoms with Crippen molar-refractivity contribution in [3.05, 3.63) is 48.5 Å². The molecular formula is C21H25NO5S2. The Morgan fingerprint density at radius 2 is 1.86 bits per heavy atom. The highest BCUT2D eigenvalue weighted by molar-refractivity contribution is 8.00. The molecular weight excluding hydrogens is 410 g/mol. The zero-order valence-electron chi connectivity index (χ0n) is 16.7. The Bertz CT molecular complexity index is 986. The lowest BCUT2D eigenvalue weighted by Gasteiger charge is -2.42. The second-order valence-corrected chi connectivity index (χ2v) is 10.9. The van der Waals surface area contributed by atoms with Crippen molar-refractivity contribution >= 4 is 27.8 Å². The molecule has 2 aromatic carbocycles. The van der Waals surface area contributed by atoms with Crippen LogP contribution in [0.2, 0.25) is 0 Å². The van der Waals surface area contributed by atoms with E-state index in [4.69, 9.17) is 4.74 Å². The van der Waals surface area contributed by atoms with Crippen LogP contribution in [0.1, 0.15) is 20.8 Å². The third kappa shape index (κ3) is 4.29. The number of hydrogen-bond donors (Lipinski definition) is 1. The van der Waals surface area contributed by atoms with E-state index in [1.54, 1.807) is 26.0 Å². The number of thioether (sulfide) groups is 1. The van der Waals surface area contributed by atoms with E-state index in [9.17, 15) is 18.3 Å². The number of sulfonamides is 1. The molecule has 0 spiro atoms. The molecule has 0 aliphatic carbocycles. The number of carboxylic acid groups (broad SMARTS) is 1. The van der Waals surface area contributed by atoms with Crippen LogP contribution in [-0.2, 0) is 14.8 Å². The van der Waals surface area contributed by atoms with Gasteiger partial charge in [0.2, 0.25) is 10.0 Å². The van der Waals surface area contributed by atoms with Crippen molar-refractivity contribution in [1.82, 2.24) is 4.31 Å². The lowest BCUT2D eigenvalue weighted by molar-refractivity contribution is -0.142. The SMILES string of the molecule is CCOc1ccccc1-c1ccc(S(=O)(=O)N2CCSC(C)(C)C2C(=O)O)cc1. The maximum absolute atomic E-state index is 13.2. The Kier molecular flexibility index (Phi) is 6.26. The molecule has 0 saturated carbocycles. The molecule has 8 heteroatoms. The molecule has 29 heavy (non-hydrogen) atoms. The van der Waals surface area contributed by atoms with E-state index in [1.807, 2.05) is 31.2 Å². The maximum atomic E-state index is 13.2. The van der Waals surface area contributed by atoms with Crippen LogP contribution in [0.5, 0.6) is 5.75 Å². The van der Waals surface area contributed by atoms with Gasteiger partial charge in [-0.3, -0.25) is 4.79 Å². The van der Waals surface area contributed by atoms with Crippen LogP contribution in [0.4, 0.5) is 0 Å². The molecule has 0 radical (unpaired) electrons. The van der Waals surface area contributed by atoms with E-state index < -0.39 is 26.8 Å². The lowest BCUT2D eigenvalue weighted by atomic mass is 10.0. The van der Waals surface area contributed by atoms with E-state index in [1.165, 1.54) is 23.9 Å². The third-order valence-corrected chi connectivity index (χ3v) is 8.16. The van der Waals surface area contributed by atoms with Crippen molar-refractivity contribution in [2.24, 2.45) is 0 Å². The predicted octanol–water partition coefficient (Wildman–Crippen LogP) is 3.72. The van der Waals surface area contributed by atoms with Crippen LogP contribution in [0, 0.1) is 0 Å². The molecule has 1 unspecified atom stereocenters. The number of carbonyl (C=O) groups is 1. The molecule has 0 aromatic heterocycles. The molecule has 2 aromatic rings. The van der Waals surface area contributed by atoms with E-state index in [-0.39, 0.29) is 11.4 Å². The standard InChI is InChI=1S/C21H25NO5S2/c1-4-27-18-8-6-5-7-17(18)15-9-11-16(12-10-15)29(25,26)22-13-14-28-21(2,3)19(22)20(23)24/h5-12,19H,4,13-14H2,1-3H3,(H,23,24). The van der Waals surface area contributed by atoms with Crippen molar-refractivity contribution in [1.29, 1.82) is 0 Å². The normalized spacial score (nSPS) is 19.6. The Balaban J connectivity index is 1.96. The van der Waals surface area contributed by atoms with E-state index >= 15 is 0 Å². The number of ether oxygens (including phenoxy) is 1. The number of rotatable bonds is 6. The largest absolute Gasteiger partial charge is 0.493 e. The first kappa shape index (κ1) is 21.7. The van der Waals surface area contributed by atoms with E-state index in [0.717, 1.165) is 21.2 Å². The van der Waals surface area contributed by atoms with Crippen molar-refractivity contribution in [3.63, 3.8) is 0 Å². The summed E-state index contributed by atoms with van der Waals surface area (Å²) < 4.78 is 32.5. The monoisotopic (exact) mass is 435 g/mol. The highest BCUT2D eigenvalue weighted by atomic mass is 32.2. The number of nitrogens with zero attached hydrogens (tertiary/aromatic N) is 1. The molecule has 1 aliphatic rings. The molecule has 1 N–H and O–H groups in total. The van der Waals surface area contributed by atoms with Crippen LogP contribution in [0.3, 0.4) is 0 Å². The average molecular weight is 436 g/mol. The number of carboxylic acids is 1. The van der Waals surface area contributed by atoms with Crippen LogP contribution >= 0.6 is 11.8 Å². The first-order chi connectivity index (χ1) is 13.7. The quantitative estimate of drug-likeness (QED) is 0.744. The minimum absolute atomic E-state index is 0.0871. The summed E-state index contributed by atoms with van der Waals surface area (Å²) >= 11 is 1.48. The second kappa shape index (κ2) is 8.38. The van der Waals surface area contributed by atoms with Gasteiger partial charge in [-0.15, -0.1) is 0 Å². The predicted molar refractivity (Wildman–Crippen MR) is 115 cm³/mol. The molecule has 1 atom stereocenters. The molecule has 3 rings (SSSR count). The van der Waals surface area contributed by atoms with E-state index in [2.05, 4.69) is 0 Å². The molecule has 0 amide bonds. The third-order valence-electron chi connectivity index (χ3n) is 4.92. The van der Waals surface area contributed by atoms with Gasteiger partial charge in [0, 0.05) is 22.6 Å². The summed E-state index contributed by atoms with van der Waals surface area (Å²) in [7, 11) is -3.94. The van der Waals surface area contributed by atoms with Gasteiger partial charge in [-0.25, -0.2) is 8.42 Å². The van der Waals surface area contributed by atoms with Crippen LogP contribution in [0.25, 0.3) is 11.1 Å². The first-order valence-electron chi connectivity index (χ1n) is 9.39. The fourth-order valence-corrected chi connectivity index (χ4v) is 6.66. The molecule has 1 heterocycles. The Hall–Kier alpha value is -2.03. The second-order valence-electron chi connectivity index (χ2n) is 7.26. The first-order valence-corrected chi connectivity index (χ1v) is 11.8. The topological polar surface area (TPSA) is 83.9 Å². The Morgan fingerprint density at radius 3 is 2.48 bits per heavy atom. The summed E-state index contributed by atoms with van der Waals surface area (Å²) in [5.74, 6) is 0.148. The van der Waals surface area contributed by atoms with Gasteiger partial charge in [-0.1, -0.05) is 30.3 Å². The van der Waals surface area contributed by atoms with Gasteiger partial charge < -0.3 is 9.84 Å². The van der Waals surface area contributed by atoms with Gasteiger partial charge in [-0.05, 0) is 44.5 Å². The van der Waals surface area contributed by atoms with Gasteiger partial charge in [-0.2, -0.15) is 16.1 Å². The summed E-state index contributed by atoms with van der Waals surface area (Å²) in [5, 5.41) is 9.70. The highest BCUT2D eigenvalue weighted by Gasteiger charge is 2.48. The fourth-order valence-electron chi connectivity index (χ4n) is 3.56. The van der Waals surface area contributed by atoms with Crippen molar-refractivity contribution in [2.75, 3.05) is 18.9 Å². The molecule has 0 bridgehead atoms. The van der Waals surface area contributed by atoms with Crippen LogP contribution in [0.15, 0.2) is 53.4 Å². The fraction of sp³-hybridized carbons (Fsp3) is 0.381. The molecule has 1 fully saturated rings. The van der Waals surface area contributed by atoms with Crippen LogP contribution < -0.4 is 4.74 Å². The molecule has 6 nitrogen and oxygen atoms in total. The molecule has 1 aliphatic heterocycles. The van der Waals surface area contributed by atoms with Gasteiger partial charge in [0.15, 0.2) is 0 Å². The number of hydrogen-bond acceptors (Lipinski definition) is 5. The molecule has 156 valence electrons. The minimum Gasteiger partial charge on any atom is -0.493 e. The van der Waals surface area contributed by atoms with Gasteiger partial charge in [0.1, 0.15) is 11.8 Å². The zero-order chi connectivity index (χ0) is 21.2. The smallest absolute Gasteiger partial charge is 0.323 e. The van der Waals surface area contributed by atoms with Gasteiger partial charge in [0.05, 0.1) is 11.5 Å². The number of aliphatic carboxylic acids is 1. The molecule has 1 saturated heterocycles. The minimum atomic E-state index is -3.94. The maximum Gasteiger partial charge on any atom is 0.323 e. The Morgan fingerprint density at radius 1 is 1.21 bits per heavy atom. The lowest BCUT2D eigenvalue weighted by Crippen LogP contribution is -2.58. The summed E-state index contributed by atoms with van der Waals surface area (Å²) in [6, 6.07) is 13.0. The van der Waals surface area contributed by atoms with Crippen molar-refractivity contribution in [3.8, 4) is 16.9 Å². The van der Waals surface area contributed by atoms with Crippen LogP contribution in [-0.4, -0.2) is 53.5 Å². The van der Waals surface area contributed by atoms with Crippen molar-refractivity contribution < 1.29 is 23.1 Å². The van der Waals surface area contributed by atoms with Gasteiger partial charge in [0.25, 0.3) is 0 Å². The summed E-state index contributed by atoms with van der Waals surface area (Å²) in [6.45, 7) is 6.15. The summed E-state index contributed by atoms with van der Waals surface area (Å²) in [4.78, 5) is 12.0. The van der Waals surface area contributed by atoms with Crippen molar-refractivity contribution in [2.45, 2.75) is 36.5 Å². The zero-order valence-corrected chi connectivity index (χ0v) is 18.3. The summed E-state index contributed by atoms with van der Waals surface area (Å²) in [5.41, 5.74) is 1.70. The average Bonchev–Trinajstić information content (AvgIpc) is 2.67. The summed E-state index contributed by atoms with van der Waals surface area (Å²) in [6.07, 6.45) is 0. The Labute approximate surface area is 175 Å². The van der Waals surface area contributed by atoms with Gasteiger partial charge >= 0.3 is 5.97 Å². The highest BCUT2D eigenvalue weighted by Crippen LogP contribution is 2.38. The number of para-hydroxylation sites is 1. The number of benzene rings is 2.